The van der Waals surface area contributed by atoms with E-state index in [1.807, 2.05) is 19.1 Å². The van der Waals surface area contributed by atoms with Crippen LogP contribution in [0, 0.1) is 6.92 Å². The molecule has 0 atom stereocenters. The van der Waals surface area contributed by atoms with Gasteiger partial charge in [-0.05, 0) is 42.8 Å². The zero-order valence-corrected chi connectivity index (χ0v) is 16.0. The molecule has 0 aliphatic heterocycles. The molecule has 0 aliphatic carbocycles. The molecule has 2 aromatic carbocycles. The second kappa shape index (κ2) is 8.11. The molecule has 0 aromatic heterocycles. The van der Waals surface area contributed by atoms with E-state index in [-0.39, 0.29) is 23.8 Å². The number of hydrogen-bond acceptors (Lipinski definition) is 3. The number of rotatable bonds is 6. The van der Waals surface area contributed by atoms with Gasteiger partial charge in [0.05, 0.1) is 4.90 Å². The summed E-state index contributed by atoms with van der Waals surface area (Å²) in [6.45, 7) is 1.87. The quantitative estimate of drug-likeness (QED) is 0.732. The molecular weight excluding hydrogens is 416 g/mol. The topological polar surface area (TPSA) is 75.3 Å². The van der Waals surface area contributed by atoms with E-state index in [0.717, 1.165) is 10.0 Å². The van der Waals surface area contributed by atoms with Crippen LogP contribution in [0.15, 0.2) is 51.8 Å². The van der Waals surface area contributed by atoms with Gasteiger partial charge in [-0.2, -0.15) is 0 Å². The van der Waals surface area contributed by atoms with Gasteiger partial charge in [-0.1, -0.05) is 39.7 Å². The number of anilines is 1. The van der Waals surface area contributed by atoms with Gasteiger partial charge < -0.3 is 5.32 Å². The maximum Gasteiger partial charge on any atom is 0.240 e. The summed E-state index contributed by atoms with van der Waals surface area (Å²) in [4.78, 5) is 12.0. The Bertz CT molecular complexity index is 856. The van der Waals surface area contributed by atoms with Crippen molar-refractivity contribution in [1.82, 2.24) is 4.72 Å². The van der Waals surface area contributed by atoms with Crippen molar-refractivity contribution in [2.24, 2.45) is 0 Å². The highest BCUT2D eigenvalue weighted by molar-refractivity contribution is 9.10. The minimum Gasteiger partial charge on any atom is -0.326 e. The first-order chi connectivity index (χ1) is 11.3. The first kappa shape index (κ1) is 18.9. The summed E-state index contributed by atoms with van der Waals surface area (Å²) in [6.07, 6.45) is 0.0196. The van der Waals surface area contributed by atoms with Crippen molar-refractivity contribution in [2.75, 3.05) is 11.9 Å². The summed E-state index contributed by atoms with van der Waals surface area (Å²) in [5.74, 6) is -0.273. The van der Waals surface area contributed by atoms with Gasteiger partial charge in [-0.25, -0.2) is 13.1 Å². The predicted octanol–water partition coefficient (Wildman–Crippen LogP) is 3.72. The van der Waals surface area contributed by atoms with Gasteiger partial charge in [0.25, 0.3) is 0 Å². The highest BCUT2D eigenvalue weighted by Gasteiger charge is 2.14. The van der Waals surface area contributed by atoms with Crippen LogP contribution in [0.3, 0.4) is 0 Å². The summed E-state index contributed by atoms with van der Waals surface area (Å²) in [5.41, 5.74) is 1.61. The third-order valence-electron chi connectivity index (χ3n) is 3.22. The molecule has 8 heteroatoms. The van der Waals surface area contributed by atoms with Crippen LogP contribution in [0.1, 0.15) is 12.0 Å². The molecule has 5 nitrogen and oxygen atoms in total. The van der Waals surface area contributed by atoms with E-state index in [1.54, 1.807) is 18.2 Å². The summed E-state index contributed by atoms with van der Waals surface area (Å²) in [5, 5.41) is 3.10. The minimum atomic E-state index is -3.69. The van der Waals surface area contributed by atoms with Crippen LogP contribution in [0.5, 0.6) is 0 Å². The van der Waals surface area contributed by atoms with E-state index in [2.05, 4.69) is 26.0 Å². The van der Waals surface area contributed by atoms with Crippen molar-refractivity contribution in [1.29, 1.82) is 0 Å². The van der Waals surface area contributed by atoms with Crippen LogP contribution < -0.4 is 10.0 Å². The Morgan fingerprint density at radius 3 is 2.67 bits per heavy atom. The van der Waals surface area contributed by atoms with Crippen molar-refractivity contribution < 1.29 is 13.2 Å². The second-order valence-electron chi connectivity index (χ2n) is 5.11. The molecule has 0 fully saturated rings. The van der Waals surface area contributed by atoms with Crippen LogP contribution in [0.4, 0.5) is 5.69 Å². The Kier molecular flexibility index (Phi) is 6.40. The van der Waals surface area contributed by atoms with Crippen LogP contribution in [0.2, 0.25) is 5.02 Å². The van der Waals surface area contributed by atoms with E-state index in [9.17, 15) is 13.2 Å². The van der Waals surface area contributed by atoms with Crippen molar-refractivity contribution in [3.63, 3.8) is 0 Å². The molecule has 0 heterocycles. The molecule has 0 unspecified atom stereocenters. The molecule has 2 rings (SSSR count). The number of sulfonamides is 1. The average Bonchev–Trinajstić information content (AvgIpc) is 2.51. The lowest BCUT2D eigenvalue weighted by Gasteiger charge is -2.10. The molecule has 0 aliphatic rings. The monoisotopic (exact) mass is 430 g/mol. The van der Waals surface area contributed by atoms with Gasteiger partial charge in [0.1, 0.15) is 0 Å². The number of aryl methyl sites for hydroxylation is 1. The molecule has 2 N–H and O–H groups in total. The number of amides is 1. The molecule has 0 radical (unpaired) electrons. The Morgan fingerprint density at radius 2 is 1.96 bits per heavy atom. The molecule has 1 amide bonds. The number of nitrogens with one attached hydrogen (secondary N) is 2. The van der Waals surface area contributed by atoms with Crippen molar-refractivity contribution in [3.05, 3.63) is 57.5 Å². The summed E-state index contributed by atoms with van der Waals surface area (Å²) in [7, 11) is -3.69. The number of benzene rings is 2. The highest BCUT2D eigenvalue weighted by atomic mass is 79.9. The third kappa shape index (κ3) is 5.31. The largest absolute Gasteiger partial charge is 0.326 e. The summed E-state index contributed by atoms with van der Waals surface area (Å²) in [6, 6.07) is 11.5. The Morgan fingerprint density at radius 1 is 1.21 bits per heavy atom. The maximum atomic E-state index is 12.1. The van der Waals surface area contributed by atoms with Crippen molar-refractivity contribution >= 4 is 49.1 Å². The summed E-state index contributed by atoms with van der Waals surface area (Å²) >= 11 is 9.14. The molecule has 24 heavy (non-hydrogen) atoms. The van der Waals surface area contributed by atoms with Crippen molar-refractivity contribution in [3.8, 4) is 0 Å². The van der Waals surface area contributed by atoms with Gasteiger partial charge in [0, 0.05) is 28.1 Å². The predicted molar refractivity (Wildman–Crippen MR) is 98.8 cm³/mol. The van der Waals surface area contributed by atoms with Gasteiger partial charge in [0.15, 0.2) is 0 Å². The zero-order valence-electron chi connectivity index (χ0n) is 12.8. The van der Waals surface area contributed by atoms with Crippen LogP contribution in [-0.2, 0) is 14.8 Å². The minimum absolute atomic E-state index is 0.00622. The maximum absolute atomic E-state index is 12.1. The van der Waals surface area contributed by atoms with E-state index < -0.39 is 10.0 Å². The van der Waals surface area contributed by atoms with E-state index in [1.165, 1.54) is 12.1 Å². The van der Waals surface area contributed by atoms with Gasteiger partial charge in [0.2, 0.25) is 15.9 Å². The molecule has 2 aromatic rings. The fraction of sp³-hybridized carbons (Fsp3) is 0.188. The van der Waals surface area contributed by atoms with Crippen LogP contribution >= 0.6 is 27.5 Å². The van der Waals surface area contributed by atoms with Gasteiger partial charge in [-0.3, -0.25) is 4.79 Å². The van der Waals surface area contributed by atoms with E-state index >= 15 is 0 Å². The average molecular weight is 432 g/mol. The normalized spacial score (nSPS) is 11.3. The molecule has 128 valence electrons. The molecule has 0 saturated heterocycles. The van der Waals surface area contributed by atoms with E-state index in [4.69, 9.17) is 11.6 Å². The Labute approximate surface area is 154 Å². The standard InChI is InChI=1S/C16H16BrClN2O3S/c1-11-5-6-12(17)9-15(11)20-16(21)7-8-19-24(22,23)14-4-2-3-13(18)10-14/h2-6,9-10,19H,7-8H2,1H3,(H,20,21). The number of hydrogen-bond donors (Lipinski definition) is 2. The molecule has 0 saturated carbocycles. The lowest BCUT2D eigenvalue weighted by molar-refractivity contribution is -0.116. The number of carbonyl (C=O) groups excluding carboxylic acids is 1. The second-order valence-corrected chi connectivity index (χ2v) is 8.23. The smallest absolute Gasteiger partial charge is 0.240 e. The Hall–Kier alpha value is -1.41. The van der Waals surface area contributed by atoms with Gasteiger partial charge in [-0.15, -0.1) is 0 Å². The number of halogens is 2. The Balaban J connectivity index is 1.91. The fourth-order valence-corrected chi connectivity index (χ4v) is 3.65. The van der Waals surface area contributed by atoms with Crippen molar-refractivity contribution in [2.45, 2.75) is 18.2 Å². The first-order valence-electron chi connectivity index (χ1n) is 7.09. The highest BCUT2D eigenvalue weighted by Crippen LogP contribution is 2.20. The van der Waals surface area contributed by atoms with E-state index in [0.29, 0.717) is 10.7 Å². The lowest BCUT2D eigenvalue weighted by Crippen LogP contribution is -2.28. The molecular formula is C16H16BrClN2O3S. The van der Waals surface area contributed by atoms with Crippen LogP contribution in [-0.4, -0.2) is 20.9 Å². The van der Waals surface area contributed by atoms with Gasteiger partial charge >= 0.3 is 0 Å². The molecule has 0 bridgehead atoms. The number of carbonyl (C=O) groups is 1. The summed E-state index contributed by atoms with van der Waals surface area (Å²) < 4.78 is 27.5. The lowest BCUT2D eigenvalue weighted by atomic mass is 10.2. The zero-order chi connectivity index (χ0) is 17.7. The third-order valence-corrected chi connectivity index (χ3v) is 5.41. The molecule has 0 spiro atoms. The fourth-order valence-electron chi connectivity index (χ4n) is 1.96. The van der Waals surface area contributed by atoms with Crippen LogP contribution in [0.25, 0.3) is 0 Å². The first-order valence-corrected chi connectivity index (χ1v) is 9.74. The SMILES string of the molecule is Cc1ccc(Br)cc1NC(=O)CCNS(=O)(=O)c1cccc(Cl)c1.